The summed E-state index contributed by atoms with van der Waals surface area (Å²) in [5.41, 5.74) is 0. The summed E-state index contributed by atoms with van der Waals surface area (Å²) in [6, 6.07) is 9.64. The molecule has 1 unspecified atom stereocenters. The van der Waals surface area contributed by atoms with Crippen molar-refractivity contribution >= 4 is 29.9 Å². The number of hydrogen-bond acceptors (Lipinski definition) is 4. The molecule has 8 heteroatoms. The van der Waals surface area contributed by atoms with Crippen LogP contribution in [0.25, 0.3) is 0 Å². The lowest BCUT2D eigenvalue weighted by atomic mass is 10.3. The molecule has 2 rings (SSSR count). The summed E-state index contributed by atoms with van der Waals surface area (Å²) in [5.74, 6) is 1.73. The van der Waals surface area contributed by atoms with Gasteiger partial charge < -0.3 is 20.1 Å². The van der Waals surface area contributed by atoms with Gasteiger partial charge in [0.05, 0.1) is 19.3 Å². The van der Waals surface area contributed by atoms with Crippen LogP contribution in [0.2, 0.25) is 0 Å². The maximum atomic E-state index is 12.9. The molecule has 2 aromatic rings. The summed E-state index contributed by atoms with van der Waals surface area (Å²) in [5, 5.41) is 6.33. The first-order valence-corrected chi connectivity index (χ1v) is 8.07. The predicted octanol–water partition coefficient (Wildman–Crippen LogP) is 2.85. The van der Waals surface area contributed by atoms with E-state index in [1.54, 1.807) is 31.6 Å². The Hall–Kier alpha value is -2.10. The molecule has 26 heavy (non-hydrogen) atoms. The van der Waals surface area contributed by atoms with Crippen LogP contribution in [-0.4, -0.2) is 43.8 Å². The van der Waals surface area contributed by atoms with Crippen molar-refractivity contribution in [2.75, 3.05) is 26.7 Å². The van der Waals surface area contributed by atoms with Crippen molar-refractivity contribution in [2.45, 2.75) is 13.0 Å². The highest BCUT2D eigenvalue weighted by atomic mass is 127. The second-order valence-corrected chi connectivity index (χ2v) is 5.30. The molecule has 2 N–H and O–H groups in total. The van der Waals surface area contributed by atoms with E-state index in [-0.39, 0.29) is 35.9 Å². The van der Waals surface area contributed by atoms with E-state index in [0.717, 1.165) is 5.75 Å². The number of halogens is 2. The van der Waals surface area contributed by atoms with Crippen molar-refractivity contribution in [1.82, 2.24) is 15.6 Å². The first kappa shape index (κ1) is 21.9. The summed E-state index contributed by atoms with van der Waals surface area (Å²) in [7, 11) is 1.70. The third kappa shape index (κ3) is 8.32. The second-order valence-electron chi connectivity index (χ2n) is 5.30. The normalized spacial score (nSPS) is 11.9. The van der Waals surface area contributed by atoms with Crippen LogP contribution in [0.3, 0.4) is 0 Å². The first-order chi connectivity index (χ1) is 12.2. The number of rotatable bonds is 8. The molecule has 1 atom stereocenters. The zero-order valence-corrected chi connectivity index (χ0v) is 17.1. The Labute approximate surface area is 170 Å². The molecular formula is C18H24FIN4O2. The molecule has 0 fully saturated rings. The van der Waals surface area contributed by atoms with Crippen LogP contribution >= 0.6 is 24.0 Å². The molecule has 0 saturated carbocycles. The van der Waals surface area contributed by atoms with Crippen LogP contribution in [0.1, 0.15) is 6.92 Å². The highest BCUT2D eigenvalue weighted by Crippen LogP contribution is 2.12. The van der Waals surface area contributed by atoms with Gasteiger partial charge in [-0.25, -0.2) is 4.39 Å². The Bertz CT molecular complexity index is 656. The van der Waals surface area contributed by atoms with Crippen molar-refractivity contribution in [3.05, 3.63) is 54.6 Å². The van der Waals surface area contributed by atoms with Gasteiger partial charge in [-0.05, 0) is 43.3 Å². The highest BCUT2D eigenvalue weighted by molar-refractivity contribution is 14.0. The summed E-state index contributed by atoms with van der Waals surface area (Å²) >= 11 is 0. The van der Waals surface area contributed by atoms with E-state index < -0.39 is 0 Å². The molecule has 0 aliphatic heterocycles. The van der Waals surface area contributed by atoms with Gasteiger partial charge in [-0.3, -0.25) is 9.98 Å². The number of hydrogen-bond donors (Lipinski definition) is 2. The molecule has 0 saturated heterocycles. The van der Waals surface area contributed by atoms with E-state index in [2.05, 4.69) is 20.6 Å². The second kappa shape index (κ2) is 12.3. The summed E-state index contributed by atoms with van der Waals surface area (Å²) < 4.78 is 24.1. The summed E-state index contributed by atoms with van der Waals surface area (Å²) in [6.45, 7) is 3.57. The third-order valence-corrected chi connectivity index (χ3v) is 3.23. The molecule has 0 bridgehead atoms. The molecule has 0 aliphatic rings. The average Bonchev–Trinajstić information content (AvgIpc) is 2.64. The Morgan fingerprint density at radius 2 is 1.96 bits per heavy atom. The fourth-order valence-electron chi connectivity index (χ4n) is 2.02. The maximum Gasteiger partial charge on any atom is 0.191 e. The molecule has 1 heterocycles. The van der Waals surface area contributed by atoms with Crippen molar-refractivity contribution in [3.8, 4) is 11.5 Å². The van der Waals surface area contributed by atoms with Crippen LogP contribution in [0, 0.1) is 5.82 Å². The summed E-state index contributed by atoms with van der Waals surface area (Å²) in [6.07, 6.45) is 3.27. The number of guanidine groups is 1. The third-order valence-electron chi connectivity index (χ3n) is 3.23. The Morgan fingerprint density at radius 1 is 1.19 bits per heavy atom. The molecule has 0 spiro atoms. The van der Waals surface area contributed by atoms with Gasteiger partial charge in [0.25, 0.3) is 0 Å². The van der Waals surface area contributed by atoms with E-state index in [1.807, 2.05) is 19.1 Å². The first-order valence-electron chi connectivity index (χ1n) is 8.07. The quantitative estimate of drug-likeness (QED) is 0.267. The van der Waals surface area contributed by atoms with Gasteiger partial charge >= 0.3 is 0 Å². The lowest BCUT2D eigenvalue weighted by Crippen LogP contribution is -2.43. The minimum absolute atomic E-state index is 0. The maximum absolute atomic E-state index is 12.9. The molecule has 6 nitrogen and oxygen atoms in total. The zero-order valence-electron chi connectivity index (χ0n) is 14.8. The van der Waals surface area contributed by atoms with Crippen LogP contribution in [0.5, 0.6) is 11.5 Å². The van der Waals surface area contributed by atoms with Crippen LogP contribution in [0.15, 0.2) is 53.8 Å². The molecule has 0 aliphatic carbocycles. The van der Waals surface area contributed by atoms with E-state index in [1.165, 1.54) is 12.1 Å². The Kier molecular flexibility index (Phi) is 10.4. The van der Waals surface area contributed by atoms with E-state index in [9.17, 15) is 4.39 Å². The molecule has 1 aromatic heterocycles. The highest BCUT2D eigenvalue weighted by Gasteiger charge is 2.06. The lowest BCUT2D eigenvalue weighted by molar-refractivity contribution is 0.223. The number of nitrogens with one attached hydrogen (secondary N) is 2. The van der Waals surface area contributed by atoms with E-state index >= 15 is 0 Å². The number of aliphatic imine (C=N–C) groups is 1. The molecule has 142 valence electrons. The van der Waals surface area contributed by atoms with Crippen LogP contribution in [-0.2, 0) is 0 Å². The zero-order chi connectivity index (χ0) is 17.9. The largest absolute Gasteiger partial charge is 0.490 e. The number of nitrogens with zero attached hydrogens (tertiary/aromatic N) is 2. The average molecular weight is 474 g/mol. The SMILES string of the molecule is CN=C(NCCOc1cccnc1)NCC(C)Oc1ccc(F)cc1.I. The fourth-order valence-corrected chi connectivity index (χ4v) is 2.02. The topological polar surface area (TPSA) is 67.8 Å². The lowest BCUT2D eigenvalue weighted by Gasteiger charge is -2.17. The number of pyridine rings is 1. The minimum atomic E-state index is -0.281. The van der Waals surface area contributed by atoms with Gasteiger partial charge in [-0.1, -0.05) is 0 Å². The van der Waals surface area contributed by atoms with Crippen LogP contribution in [0.4, 0.5) is 4.39 Å². The molecule has 0 radical (unpaired) electrons. The van der Waals surface area contributed by atoms with Crippen molar-refractivity contribution in [1.29, 1.82) is 0 Å². The van der Waals surface area contributed by atoms with Crippen molar-refractivity contribution in [3.63, 3.8) is 0 Å². The summed E-state index contributed by atoms with van der Waals surface area (Å²) in [4.78, 5) is 8.13. The smallest absolute Gasteiger partial charge is 0.191 e. The van der Waals surface area contributed by atoms with Crippen LogP contribution < -0.4 is 20.1 Å². The molecular weight excluding hydrogens is 450 g/mol. The van der Waals surface area contributed by atoms with E-state index in [0.29, 0.717) is 31.4 Å². The molecule has 0 amide bonds. The van der Waals surface area contributed by atoms with Gasteiger partial charge in [-0.15, -0.1) is 24.0 Å². The number of benzene rings is 1. The number of ether oxygens (including phenoxy) is 2. The van der Waals surface area contributed by atoms with Crippen molar-refractivity contribution in [2.24, 2.45) is 4.99 Å². The fraction of sp³-hybridized carbons (Fsp3) is 0.333. The van der Waals surface area contributed by atoms with E-state index in [4.69, 9.17) is 9.47 Å². The van der Waals surface area contributed by atoms with Gasteiger partial charge in [0.1, 0.15) is 30.0 Å². The minimum Gasteiger partial charge on any atom is -0.490 e. The predicted molar refractivity (Wildman–Crippen MR) is 111 cm³/mol. The van der Waals surface area contributed by atoms with Gasteiger partial charge in [0.15, 0.2) is 5.96 Å². The molecule has 1 aromatic carbocycles. The van der Waals surface area contributed by atoms with Gasteiger partial charge in [0.2, 0.25) is 0 Å². The van der Waals surface area contributed by atoms with Crippen molar-refractivity contribution < 1.29 is 13.9 Å². The van der Waals surface area contributed by atoms with Gasteiger partial charge in [0, 0.05) is 13.2 Å². The standard InChI is InChI=1S/C18H23FN4O2.HI/c1-14(25-16-7-5-15(19)6-8-16)12-23-18(20-2)22-10-11-24-17-4-3-9-21-13-17;/h3-9,13-14H,10-12H2,1-2H3,(H2,20,22,23);1H. The van der Waals surface area contributed by atoms with Gasteiger partial charge in [-0.2, -0.15) is 0 Å². The monoisotopic (exact) mass is 474 g/mol. The number of aromatic nitrogens is 1. The Morgan fingerprint density at radius 3 is 2.62 bits per heavy atom. The Balaban J connectivity index is 0.00000338.